The third-order valence-electron chi connectivity index (χ3n) is 3.34. The van der Waals surface area contributed by atoms with Gasteiger partial charge in [-0.1, -0.05) is 0 Å². The highest BCUT2D eigenvalue weighted by Crippen LogP contribution is 2.23. The van der Waals surface area contributed by atoms with Crippen LogP contribution in [0.1, 0.15) is 17.2 Å². The zero-order chi connectivity index (χ0) is 15.6. The molecule has 0 fully saturated rings. The highest BCUT2D eigenvalue weighted by Gasteiger charge is 2.20. The molecular formula is C14H17F3N4. The van der Waals surface area contributed by atoms with Crippen molar-refractivity contribution in [2.75, 3.05) is 13.6 Å². The highest BCUT2D eigenvalue weighted by atomic mass is 19.2. The number of benzene rings is 1. The molecule has 0 saturated heterocycles. The van der Waals surface area contributed by atoms with Gasteiger partial charge in [0.25, 0.3) is 0 Å². The van der Waals surface area contributed by atoms with Crippen molar-refractivity contribution in [2.45, 2.75) is 12.6 Å². The molecule has 0 spiro atoms. The third-order valence-corrected chi connectivity index (χ3v) is 3.34. The van der Waals surface area contributed by atoms with E-state index >= 15 is 0 Å². The molecule has 0 bridgehead atoms. The van der Waals surface area contributed by atoms with Crippen molar-refractivity contribution in [1.82, 2.24) is 14.7 Å². The molecule has 0 aliphatic carbocycles. The van der Waals surface area contributed by atoms with E-state index in [9.17, 15) is 13.2 Å². The summed E-state index contributed by atoms with van der Waals surface area (Å²) in [6.07, 6.45) is 3.55. The minimum absolute atomic E-state index is 0.154. The predicted octanol–water partition coefficient (Wildman–Crippen LogP) is 1.97. The number of hydrogen-bond donors (Lipinski definition) is 1. The second kappa shape index (κ2) is 6.28. The molecule has 4 nitrogen and oxygen atoms in total. The van der Waals surface area contributed by atoms with Crippen molar-refractivity contribution in [3.05, 3.63) is 53.1 Å². The maximum atomic E-state index is 13.3. The molecule has 0 amide bonds. The summed E-state index contributed by atoms with van der Waals surface area (Å²) in [5.41, 5.74) is 6.95. The second-order valence-corrected chi connectivity index (χ2v) is 4.99. The monoisotopic (exact) mass is 298 g/mol. The first-order valence-corrected chi connectivity index (χ1v) is 6.44. The quantitative estimate of drug-likeness (QED) is 0.859. The summed E-state index contributed by atoms with van der Waals surface area (Å²) in [5, 5.41) is 4.06. The van der Waals surface area contributed by atoms with Gasteiger partial charge in [-0.15, -0.1) is 0 Å². The Balaban J connectivity index is 2.22. The first-order chi connectivity index (χ1) is 9.92. The maximum absolute atomic E-state index is 13.3. The fourth-order valence-corrected chi connectivity index (χ4v) is 2.29. The molecule has 21 heavy (non-hydrogen) atoms. The van der Waals surface area contributed by atoms with E-state index in [4.69, 9.17) is 5.73 Å². The van der Waals surface area contributed by atoms with Gasteiger partial charge in [0, 0.05) is 37.9 Å². The zero-order valence-corrected chi connectivity index (χ0v) is 11.9. The van der Waals surface area contributed by atoms with Crippen LogP contribution in [0.5, 0.6) is 0 Å². The fraction of sp³-hybridized carbons (Fsp3) is 0.357. The fourth-order valence-electron chi connectivity index (χ4n) is 2.29. The molecule has 1 heterocycles. The van der Waals surface area contributed by atoms with Crippen LogP contribution in [0.4, 0.5) is 13.2 Å². The largest absolute Gasteiger partial charge is 0.329 e. The van der Waals surface area contributed by atoms with E-state index in [0.717, 1.165) is 17.7 Å². The normalized spacial score (nSPS) is 12.9. The van der Waals surface area contributed by atoms with Crippen molar-refractivity contribution in [3.63, 3.8) is 0 Å². The molecule has 0 saturated carbocycles. The van der Waals surface area contributed by atoms with Crippen LogP contribution in [-0.4, -0.2) is 28.3 Å². The molecule has 114 valence electrons. The number of nitrogens with two attached hydrogens (primary N) is 1. The molecule has 1 aromatic carbocycles. The lowest BCUT2D eigenvalue weighted by atomic mass is 10.0. The molecule has 2 rings (SSSR count). The first-order valence-electron chi connectivity index (χ1n) is 6.44. The third kappa shape index (κ3) is 3.43. The van der Waals surface area contributed by atoms with Crippen molar-refractivity contribution in [1.29, 1.82) is 0 Å². The van der Waals surface area contributed by atoms with Crippen LogP contribution >= 0.6 is 0 Å². The minimum atomic E-state index is -1.47. The van der Waals surface area contributed by atoms with Crippen molar-refractivity contribution < 1.29 is 13.2 Å². The SMILES string of the molecule is CN(Cc1cnn(C)c1)C(CN)c1cc(F)c(F)c(F)c1. The van der Waals surface area contributed by atoms with Crippen molar-refractivity contribution >= 4 is 0 Å². The predicted molar refractivity (Wildman–Crippen MR) is 72.8 cm³/mol. The van der Waals surface area contributed by atoms with Gasteiger partial charge in [0.1, 0.15) is 0 Å². The lowest BCUT2D eigenvalue weighted by Gasteiger charge is -2.27. The molecular weight excluding hydrogens is 281 g/mol. The Morgan fingerprint density at radius 3 is 2.38 bits per heavy atom. The van der Waals surface area contributed by atoms with Crippen molar-refractivity contribution in [2.24, 2.45) is 12.8 Å². The lowest BCUT2D eigenvalue weighted by Crippen LogP contribution is -2.30. The van der Waals surface area contributed by atoms with E-state index in [-0.39, 0.29) is 6.54 Å². The maximum Gasteiger partial charge on any atom is 0.194 e. The van der Waals surface area contributed by atoms with Gasteiger partial charge in [-0.25, -0.2) is 13.2 Å². The van der Waals surface area contributed by atoms with Gasteiger partial charge in [-0.05, 0) is 24.7 Å². The van der Waals surface area contributed by atoms with Gasteiger partial charge >= 0.3 is 0 Å². The molecule has 2 N–H and O–H groups in total. The zero-order valence-electron chi connectivity index (χ0n) is 11.9. The van der Waals surface area contributed by atoms with Crippen LogP contribution in [-0.2, 0) is 13.6 Å². The number of nitrogens with zero attached hydrogens (tertiary/aromatic N) is 3. The van der Waals surface area contributed by atoms with E-state index in [0.29, 0.717) is 12.1 Å². The summed E-state index contributed by atoms with van der Waals surface area (Å²) in [5.74, 6) is -3.89. The van der Waals surface area contributed by atoms with E-state index < -0.39 is 23.5 Å². The van der Waals surface area contributed by atoms with Crippen LogP contribution in [0, 0.1) is 17.5 Å². The van der Waals surface area contributed by atoms with Crippen LogP contribution in [0.3, 0.4) is 0 Å². The number of hydrogen-bond acceptors (Lipinski definition) is 3. The number of likely N-dealkylation sites (N-methyl/N-ethyl adjacent to an activating group) is 1. The van der Waals surface area contributed by atoms with Gasteiger partial charge in [0.05, 0.1) is 6.20 Å². The molecule has 1 unspecified atom stereocenters. The van der Waals surface area contributed by atoms with E-state index in [1.54, 1.807) is 25.0 Å². The van der Waals surface area contributed by atoms with Crippen LogP contribution in [0.2, 0.25) is 0 Å². The smallest absolute Gasteiger partial charge is 0.194 e. The number of aryl methyl sites for hydroxylation is 1. The van der Waals surface area contributed by atoms with Crippen LogP contribution < -0.4 is 5.73 Å². The Labute approximate surface area is 121 Å². The summed E-state index contributed by atoms with van der Waals surface area (Å²) in [4.78, 5) is 1.84. The Hall–Kier alpha value is -1.86. The minimum Gasteiger partial charge on any atom is -0.329 e. The Morgan fingerprint density at radius 1 is 1.29 bits per heavy atom. The highest BCUT2D eigenvalue weighted by molar-refractivity contribution is 5.23. The van der Waals surface area contributed by atoms with Crippen LogP contribution in [0.25, 0.3) is 0 Å². The second-order valence-electron chi connectivity index (χ2n) is 4.99. The van der Waals surface area contributed by atoms with Gasteiger partial charge in [0.15, 0.2) is 17.5 Å². The summed E-state index contributed by atoms with van der Waals surface area (Å²) >= 11 is 0. The Kier molecular flexibility index (Phi) is 4.64. The molecule has 0 radical (unpaired) electrons. The molecule has 1 aromatic heterocycles. The average Bonchev–Trinajstić information content (AvgIpc) is 2.82. The molecule has 2 aromatic rings. The summed E-state index contributed by atoms with van der Waals surface area (Å²) in [7, 11) is 3.58. The molecule has 0 aliphatic rings. The van der Waals surface area contributed by atoms with E-state index in [1.165, 1.54) is 0 Å². The number of halogens is 3. The van der Waals surface area contributed by atoms with Crippen molar-refractivity contribution in [3.8, 4) is 0 Å². The summed E-state index contributed by atoms with van der Waals surface area (Å²) < 4.78 is 41.4. The van der Waals surface area contributed by atoms with Gasteiger partial charge in [-0.2, -0.15) is 5.10 Å². The Bertz CT molecular complexity index is 603. The van der Waals surface area contributed by atoms with Gasteiger partial charge in [0.2, 0.25) is 0 Å². The van der Waals surface area contributed by atoms with Crippen LogP contribution in [0.15, 0.2) is 24.5 Å². The molecule has 1 atom stereocenters. The number of aromatic nitrogens is 2. The molecule has 0 aliphatic heterocycles. The average molecular weight is 298 g/mol. The van der Waals surface area contributed by atoms with E-state index in [1.807, 2.05) is 11.1 Å². The Morgan fingerprint density at radius 2 is 1.90 bits per heavy atom. The lowest BCUT2D eigenvalue weighted by molar-refractivity contribution is 0.240. The summed E-state index contributed by atoms with van der Waals surface area (Å²) in [6.45, 7) is 0.664. The number of rotatable bonds is 5. The summed E-state index contributed by atoms with van der Waals surface area (Å²) in [6, 6.07) is 1.54. The first kappa shape index (κ1) is 15.5. The standard InChI is InChI=1S/C14H17F3N4/c1-20(7-9-6-19-21(2)8-9)13(5-18)10-3-11(15)14(17)12(16)4-10/h3-4,6,8,13H,5,7,18H2,1-2H3. The van der Waals surface area contributed by atoms with Gasteiger partial charge < -0.3 is 5.73 Å². The molecule has 7 heteroatoms. The topological polar surface area (TPSA) is 47.1 Å². The van der Waals surface area contributed by atoms with Gasteiger partial charge in [-0.3, -0.25) is 9.58 Å². The van der Waals surface area contributed by atoms with E-state index in [2.05, 4.69) is 5.10 Å².